The zero-order chi connectivity index (χ0) is 29.6. The largest absolute Gasteiger partial charge is 0.352 e. The number of anilines is 1. The summed E-state index contributed by atoms with van der Waals surface area (Å²) in [5.41, 5.74) is 4.05. The van der Waals surface area contributed by atoms with Gasteiger partial charge in [-0.25, -0.2) is 8.42 Å². The summed E-state index contributed by atoms with van der Waals surface area (Å²) >= 11 is 0. The average Bonchev–Trinajstić information content (AvgIpc) is 3.47. The Morgan fingerprint density at radius 1 is 0.878 bits per heavy atom. The number of hydrogen-bond acceptors (Lipinski definition) is 4. The smallest absolute Gasteiger partial charge is 0.264 e. The molecule has 41 heavy (non-hydrogen) atoms. The zero-order valence-corrected chi connectivity index (χ0v) is 25.3. The summed E-state index contributed by atoms with van der Waals surface area (Å²) in [5.74, 6) is -0.618. The van der Waals surface area contributed by atoms with Crippen LogP contribution in [0.1, 0.15) is 61.3 Å². The molecule has 4 rings (SSSR count). The molecule has 0 radical (unpaired) electrons. The van der Waals surface area contributed by atoms with Gasteiger partial charge in [0.1, 0.15) is 12.6 Å². The van der Waals surface area contributed by atoms with Crippen molar-refractivity contribution in [2.75, 3.05) is 10.8 Å². The highest BCUT2D eigenvalue weighted by Gasteiger charge is 2.35. The Kier molecular flexibility index (Phi) is 9.86. The van der Waals surface area contributed by atoms with Gasteiger partial charge in [0, 0.05) is 12.6 Å². The molecule has 7 nitrogen and oxygen atoms in total. The summed E-state index contributed by atoms with van der Waals surface area (Å²) in [7, 11) is -4.09. The molecular weight excluding hydrogens is 534 g/mol. The highest BCUT2D eigenvalue weighted by molar-refractivity contribution is 7.92. The summed E-state index contributed by atoms with van der Waals surface area (Å²) < 4.78 is 29.3. The molecule has 1 aliphatic carbocycles. The van der Waals surface area contributed by atoms with E-state index in [-0.39, 0.29) is 23.4 Å². The van der Waals surface area contributed by atoms with Gasteiger partial charge in [-0.15, -0.1) is 0 Å². The van der Waals surface area contributed by atoms with Crippen molar-refractivity contribution in [3.05, 3.63) is 95.1 Å². The van der Waals surface area contributed by atoms with Crippen molar-refractivity contribution in [2.24, 2.45) is 0 Å². The molecule has 0 aromatic heterocycles. The first-order valence-electron chi connectivity index (χ1n) is 14.4. The number of benzene rings is 3. The number of carbonyl (C=O) groups is 2. The maximum Gasteiger partial charge on any atom is 0.264 e. The Morgan fingerprint density at radius 3 is 2.17 bits per heavy atom. The van der Waals surface area contributed by atoms with Gasteiger partial charge in [-0.05, 0) is 80.5 Å². The van der Waals surface area contributed by atoms with Crippen LogP contribution >= 0.6 is 0 Å². The van der Waals surface area contributed by atoms with Crippen LogP contribution in [0.3, 0.4) is 0 Å². The number of nitrogens with zero attached hydrogens (tertiary/aromatic N) is 2. The van der Waals surface area contributed by atoms with Crippen molar-refractivity contribution in [2.45, 2.75) is 83.3 Å². The Labute approximate surface area is 244 Å². The molecule has 1 fully saturated rings. The highest BCUT2D eigenvalue weighted by atomic mass is 32.2. The second kappa shape index (κ2) is 13.3. The van der Waals surface area contributed by atoms with Gasteiger partial charge in [0.05, 0.1) is 10.6 Å². The van der Waals surface area contributed by atoms with Crippen LogP contribution in [0.4, 0.5) is 5.69 Å². The molecule has 1 atom stereocenters. The highest BCUT2D eigenvalue weighted by Crippen LogP contribution is 2.29. The summed E-state index contributed by atoms with van der Waals surface area (Å²) in [6, 6.07) is 20.7. The summed E-state index contributed by atoms with van der Waals surface area (Å²) in [6.45, 7) is 7.41. The Balaban J connectivity index is 1.75. The van der Waals surface area contributed by atoms with Crippen LogP contribution in [0, 0.1) is 20.8 Å². The van der Waals surface area contributed by atoms with Gasteiger partial charge in [-0.1, -0.05) is 74.4 Å². The third-order valence-electron chi connectivity index (χ3n) is 8.14. The SMILES string of the molecule is CCC(C(=O)NC1CCCC1)N(Cc1ccccc1C)C(=O)CN(c1cccc(C)c1C)S(=O)(=O)c1ccccc1. The van der Waals surface area contributed by atoms with E-state index >= 15 is 0 Å². The minimum Gasteiger partial charge on any atom is -0.352 e. The normalized spacial score (nSPS) is 14.4. The molecule has 1 saturated carbocycles. The third kappa shape index (κ3) is 6.99. The fourth-order valence-electron chi connectivity index (χ4n) is 5.50. The standard InChI is InChI=1S/C33H41N3O4S/c1-5-30(33(38)34-28-17-11-12-18-28)35(22-27-16-10-9-14-25(27)3)32(37)23-36(31-21-13-15-24(2)26(31)4)41(39,40)29-19-7-6-8-20-29/h6-10,13-16,19-21,28,30H,5,11-12,17-18,22-23H2,1-4H3,(H,34,38). The average molecular weight is 576 g/mol. The fourth-order valence-corrected chi connectivity index (χ4v) is 6.99. The lowest BCUT2D eigenvalue weighted by Gasteiger charge is -2.34. The Bertz CT molecular complexity index is 1470. The monoisotopic (exact) mass is 575 g/mol. The molecule has 1 N–H and O–H groups in total. The molecule has 2 amide bonds. The zero-order valence-electron chi connectivity index (χ0n) is 24.5. The molecule has 3 aromatic rings. The topological polar surface area (TPSA) is 86.8 Å². The van der Waals surface area contributed by atoms with Crippen LogP contribution in [0.2, 0.25) is 0 Å². The number of carbonyl (C=O) groups excluding carboxylic acids is 2. The van der Waals surface area contributed by atoms with Gasteiger partial charge < -0.3 is 10.2 Å². The second-order valence-corrected chi connectivity index (χ2v) is 12.8. The molecule has 8 heteroatoms. The van der Waals surface area contributed by atoms with Crippen LogP contribution in [0.15, 0.2) is 77.7 Å². The van der Waals surface area contributed by atoms with Gasteiger partial charge in [-0.3, -0.25) is 13.9 Å². The molecule has 3 aromatic carbocycles. The van der Waals surface area contributed by atoms with E-state index in [4.69, 9.17) is 0 Å². The Morgan fingerprint density at radius 2 is 1.51 bits per heavy atom. The lowest BCUT2D eigenvalue weighted by molar-refractivity contribution is -0.140. The van der Waals surface area contributed by atoms with Crippen molar-refractivity contribution in [3.8, 4) is 0 Å². The number of rotatable bonds is 11. The molecule has 0 spiro atoms. The van der Waals surface area contributed by atoms with Gasteiger partial charge >= 0.3 is 0 Å². The van der Waals surface area contributed by atoms with Crippen molar-refractivity contribution in [1.29, 1.82) is 0 Å². The van der Waals surface area contributed by atoms with Crippen molar-refractivity contribution < 1.29 is 18.0 Å². The summed E-state index contributed by atoms with van der Waals surface area (Å²) in [6.07, 6.45) is 4.43. The number of amides is 2. The first-order chi connectivity index (χ1) is 19.6. The third-order valence-corrected chi connectivity index (χ3v) is 9.92. The number of sulfonamides is 1. The maximum absolute atomic E-state index is 14.3. The Hall–Kier alpha value is -3.65. The van der Waals surface area contributed by atoms with Crippen LogP contribution < -0.4 is 9.62 Å². The van der Waals surface area contributed by atoms with E-state index in [9.17, 15) is 18.0 Å². The van der Waals surface area contributed by atoms with E-state index in [1.807, 2.05) is 58.0 Å². The van der Waals surface area contributed by atoms with E-state index in [1.54, 1.807) is 35.2 Å². The number of aryl methyl sites for hydroxylation is 2. The molecule has 0 bridgehead atoms. The first kappa shape index (κ1) is 30.3. The number of nitrogens with one attached hydrogen (secondary N) is 1. The lowest BCUT2D eigenvalue weighted by Crippen LogP contribution is -2.53. The summed E-state index contributed by atoms with van der Waals surface area (Å²) in [5, 5.41) is 3.16. The van der Waals surface area contributed by atoms with E-state index in [0.29, 0.717) is 12.1 Å². The summed E-state index contributed by atoms with van der Waals surface area (Å²) in [4.78, 5) is 29.5. The maximum atomic E-state index is 14.3. The molecule has 1 aliphatic rings. The van der Waals surface area contributed by atoms with E-state index in [1.165, 1.54) is 16.4 Å². The molecule has 0 heterocycles. The fraction of sp³-hybridized carbons (Fsp3) is 0.394. The van der Waals surface area contributed by atoms with Gasteiger partial charge in [-0.2, -0.15) is 0 Å². The minimum absolute atomic E-state index is 0.102. The number of hydrogen-bond donors (Lipinski definition) is 1. The predicted molar refractivity (Wildman–Crippen MR) is 163 cm³/mol. The molecular formula is C33H41N3O4S. The molecule has 1 unspecified atom stereocenters. The second-order valence-electron chi connectivity index (χ2n) is 10.9. The van der Waals surface area contributed by atoms with E-state index < -0.39 is 28.5 Å². The van der Waals surface area contributed by atoms with Crippen LogP contribution in [-0.2, 0) is 26.2 Å². The lowest BCUT2D eigenvalue weighted by atomic mass is 10.1. The minimum atomic E-state index is -4.09. The van der Waals surface area contributed by atoms with Gasteiger partial charge in [0.25, 0.3) is 10.0 Å². The van der Waals surface area contributed by atoms with Gasteiger partial charge in [0.2, 0.25) is 11.8 Å². The molecule has 0 aliphatic heterocycles. The van der Waals surface area contributed by atoms with E-state index in [2.05, 4.69) is 5.32 Å². The molecule has 0 saturated heterocycles. The van der Waals surface area contributed by atoms with Crippen molar-refractivity contribution in [3.63, 3.8) is 0 Å². The van der Waals surface area contributed by atoms with E-state index in [0.717, 1.165) is 47.9 Å². The van der Waals surface area contributed by atoms with Crippen LogP contribution in [0.5, 0.6) is 0 Å². The van der Waals surface area contributed by atoms with Crippen LogP contribution in [-0.4, -0.2) is 43.8 Å². The molecule has 218 valence electrons. The van der Waals surface area contributed by atoms with Crippen LogP contribution in [0.25, 0.3) is 0 Å². The first-order valence-corrected chi connectivity index (χ1v) is 15.9. The quantitative estimate of drug-likeness (QED) is 0.319. The van der Waals surface area contributed by atoms with Gasteiger partial charge in [0.15, 0.2) is 0 Å². The van der Waals surface area contributed by atoms with Crippen molar-refractivity contribution in [1.82, 2.24) is 10.2 Å². The predicted octanol–water partition coefficient (Wildman–Crippen LogP) is 5.67. The van der Waals surface area contributed by atoms with Crippen molar-refractivity contribution >= 4 is 27.5 Å².